The number of fused-ring (bicyclic) bond motifs is 24. The van der Waals surface area contributed by atoms with Crippen LogP contribution in [0.1, 0.15) is 211 Å². The lowest BCUT2D eigenvalue weighted by atomic mass is 9.77. The molecule has 0 atom stereocenters. The minimum atomic E-state index is -0.156. The van der Waals surface area contributed by atoms with Crippen molar-refractivity contribution >= 4 is 218 Å². The van der Waals surface area contributed by atoms with Crippen LogP contribution in [0.4, 0.5) is 0 Å². The maximum atomic E-state index is 7.31. The average molecular weight is 1650 g/mol. The quantitative estimate of drug-likeness (QED) is 0.158. The van der Waals surface area contributed by atoms with Crippen LogP contribution < -0.4 is 0 Å². The predicted octanol–water partition coefficient (Wildman–Crippen LogP) is 35.4. The number of furan rings is 6. The summed E-state index contributed by atoms with van der Waals surface area (Å²) >= 11 is 0. The molecule has 24 aromatic rings. The van der Waals surface area contributed by atoms with Crippen LogP contribution in [-0.2, 0) is 43.3 Å². The van der Waals surface area contributed by atoms with Gasteiger partial charge in [-0.3, -0.25) is 9.97 Å². The molecule has 8 heteroatoms. The van der Waals surface area contributed by atoms with Gasteiger partial charge < -0.3 is 26.5 Å². The number of aromatic nitrogens is 2. The van der Waals surface area contributed by atoms with Crippen LogP contribution in [-0.4, -0.2) is 9.97 Å². The van der Waals surface area contributed by atoms with Crippen molar-refractivity contribution in [3.8, 4) is 22.3 Å². The van der Waals surface area contributed by atoms with E-state index in [-0.39, 0.29) is 43.3 Å². The number of hydrogen-bond acceptors (Lipinski definition) is 8. The summed E-state index contributed by atoms with van der Waals surface area (Å²) in [6.07, 6.45) is 0. The first kappa shape index (κ1) is 78.0. The Balaban J connectivity index is 0.000000151. The van der Waals surface area contributed by atoms with Gasteiger partial charge in [0.15, 0.2) is 0 Å². The topological polar surface area (TPSA) is 105 Å². The molecule has 126 heavy (non-hydrogen) atoms. The molecule has 0 saturated heterocycles. The van der Waals surface area contributed by atoms with Crippen LogP contribution in [0.5, 0.6) is 0 Å². The van der Waals surface area contributed by atoms with E-state index < -0.39 is 0 Å². The minimum Gasteiger partial charge on any atom is -0.456 e. The lowest BCUT2D eigenvalue weighted by Gasteiger charge is -2.26. The number of nitrogens with zero attached hydrogens (tertiary/aromatic N) is 2. The largest absolute Gasteiger partial charge is 0.456 e. The van der Waals surface area contributed by atoms with Crippen molar-refractivity contribution in [1.82, 2.24) is 9.97 Å². The highest BCUT2D eigenvalue weighted by atomic mass is 16.4. The summed E-state index contributed by atoms with van der Waals surface area (Å²) in [6, 6.07) is 76.8. The summed E-state index contributed by atoms with van der Waals surface area (Å²) in [5.74, 6) is 0. The summed E-state index contributed by atoms with van der Waals surface area (Å²) in [5, 5.41) is 29.3. The van der Waals surface area contributed by atoms with Crippen molar-refractivity contribution in [3.63, 3.8) is 0 Å². The van der Waals surface area contributed by atoms with Crippen molar-refractivity contribution in [2.75, 3.05) is 0 Å². The molecule has 0 fully saturated rings. The Bertz CT molecular complexity index is 8380. The second-order valence-corrected chi connectivity index (χ2v) is 44.8. The first-order valence-electron chi connectivity index (χ1n) is 45.0. The van der Waals surface area contributed by atoms with Gasteiger partial charge in [-0.1, -0.05) is 251 Å². The predicted molar refractivity (Wildman–Crippen MR) is 535 cm³/mol. The smallest absolute Gasteiger partial charge is 0.143 e. The molecule has 0 spiro atoms. The summed E-state index contributed by atoms with van der Waals surface area (Å²) < 4.78 is 42.1. The maximum absolute atomic E-state index is 7.31. The van der Waals surface area contributed by atoms with E-state index in [1.807, 2.05) is 0 Å². The number of pyridine rings is 2. The van der Waals surface area contributed by atoms with E-state index in [1.165, 1.54) is 98.7 Å². The molecule has 0 saturated carbocycles. The van der Waals surface area contributed by atoms with E-state index >= 15 is 0 Å². The Kier molecular flexibility index (Phi) is 15.8. The normalized spacial score (nSPS) is 13.7. The lowest BCUT2D eigenvalue weighted by Crippen LogP contribution is -2.15. The third-order valence-corrected chi connectivity index (χ3v) is 27.7. The van der Waals surface area contributed by atoms with Gasteiger partial charge in [-0.25, -0.2) is 0 Å². The molecule has 8 nitrogen and oxygen atoms in total. The molecule has 16 aromatic carbocycles. The van der Waals surface area contributed by atoms with Gasteiger partial charge in [0.1, 0.15) is 67.0 Å². The van der Waals surface area contributed by atoms with Crippen molar-refractivity contribution in [1.29, 1.82) is 0 Å². The Morgan fingerprint density at radius 1 is 0.190 bits per heavy atom. The summed E-state index contributed by atoms with van der Waals surface area (Å²) in [5.41, 5.74) is 26.5. The fraction of sp³-hybridized carbons (Fsp3) is 0.271. The van der Waals surface area contributed by atoms with Crippen LogP contribution in [0, 0.1) is 0 Å². The van der Waals surface area contributed by atoms with E-state index in [0.717, 1.165) is 186 Å². The monoisotopic (exact) mass is 1650 g/mol. The summed E-state index contributed by atoms with van der Waals surface area (Å²) in [6.45, 7) is 54.5. The van der Waals surface area contributed by atoms with Gasteiger partial charge in [-0.05, 0) is 220 Å². The molecule has 8 heterocycles. The van der Waals surface area contributed by atoms with Crippen LogP contribution >= 0.6 is 0 Å². The molecule has 0 aliphatic heterocycles. The number of rotatable bonds is 2. The molecule has 0 bridgehead atoms. The Labute approximate surface area is 732 Å². The van der Waals surface area contributed by atoms with Gasteiger partial charge in [0.25, 0.3) is 0 Å². The summed E-state index contributed by atoms with van der Waals surface area (Å²) in [7, 11) is 0. The fourth-order valence-electron chi connectivity index (χ4n) is 21.4. The van der Waals surface area contributed by atoms with Gasteiger partial charge in [0.2, 0.25) is 0 Å². The zero-order valence-corrected chi connectivity index (χ0v) is 77.0. The zero-order valence-electron chi connectivity index (χ0n) is 77.0. The van der Waals surface area contributed by atoms with Crippen molar-refractivity contribution in [3.05, 3.63) is 251 Å². The van der Waals surface area contributed by atoms with Gasteiger partial charge in [0, 0.05) is 152 Å². The van der Waals surface area contributed by atoms with Crippen LogP contribution in [0.15, 0.2) is 233 Å². The zero-order chi connectivity index (χ0) is 87.7. The molecule has 0 aliphatic carbocycles. The molecule has 0 unspecified atom stereocenters. The number of hydrogen-bond donors (Lipinski definition) is 0. The van der Waals surface area contributed by atoms with Crippen LogP contribution in [0.3, 0.4) is 0 Å². The van der Waals surface area contributed by atoms with E-state index in [9.17, 15) is 0 Å². The molecule has 0 N–H and O–H groups in total. The van der Waals surface area contributed by atoms with Gasteiger partial charge in [-0.15, -0.1) is 0 Å². The molecule has 0 radical (unpaired) electrons. The van der Waals surface area contributed by atoms with Crippen molar-refractivity contribution in [2.24, 2.45) is 0 Å². The molecular weight excluding hydrogens is 1540 g/mol. The molecular formula is C118H106N2O6. The maximum Gasteiger partial charge on any atom is 0.143 e. The number of benzene rings is 16. The van der Waals surface area contributed by atoms with Gasteiger partial charge in [0.05, 0.1) is 11.0 Å². The highest BCUT2D eigenvalue weighted by molar-refractivity contribution is 6.40. The highest BCUT2D eigenvalue weighted by Crippen LogP contribution is 2.56. The second kappa shape index (κ2) is 25.5. The van der Waals surface area contributed by atoms with Crippen LogP contribution in [0.2, 0.25) is 0 Å². The molecule has 624 valence electrons. The standard InChI is InChI=1S/C68H58O4.C50H48N2O2/c1-65(2,3)35-21-23-55-41(25-35)43-31-59-45(33-57(43)69-55)49-29-47-40(38-18-14-16-20-54(38)68(10,11)12)28-52-62-48(39(27-51(61(47)62)63(49)71-59)37-17-13-15-19-53(37)67(7,8)9)30-50-46-34-58-44(32-60(46)72-64(50)52)42-26-36(66(4,5)6)22-24-56(42)70-58;1-47(2,3)37-19-17-27-35(51-37)23-33-31-21-25-13-16-30-40-26(14-15-29(39(25)40)43(31)53-45(33)41(27)49(7,8)9)22-32-34-24-36-28(18-20-38(52-36)48(4,5)6)42(50(10,11)12)46(34)54-44(30)32/h13-34H,1-12H3;13-24H,1-12H3. The van der Waals surface area contributed by atoms with Crippen LogP contribution in [0.25, 0.3) is 240 Å². The highest BCUT2D eigenvalue weighted by Gasteiger charge is 2.35. The Hall–Kier alpha value is -12.8. The molecule has 24 rings (SSSR count). The Morgan fingerprint density at radius 2 is 0.524 bits per heavy atom. The van der Waals surface area contributed by atoms with E-state index in [0.29, 0.717) is 0 Å². The Morgan fingerprint density at radius 3 is 0.889 bits per heavy atom. The molecule has 8 aromatic heterocycles. The third-order valence-electron chi connectivity index (χ3n) is 27.7. The van der Waals surface area contributed by atoms with Crippen molar-refractivity contribution in [2.45, 2.75) is 209 Å². The average Bonchev–Trinajstić information content (AvgIpc) is 1.42. The minimum absolute atomic E-state index is 0.00424. The SMILES string of the molecule is CC(C)(C)c1ccc2c(C(C)(C)C)c3oc4c(cc5ccc6c7oc8c(C(C)(C)C)c9ccc(C(C)(C)C)nc9cc8c7cc7ccc4c5c76)c3cc2n1.CC(C)(C)c1ccc2oc3cc4c(cc3c2c1)oc1c4cc2c(-c3ccccc3C(C)(C)C)cc3c4oc5cc6c(cc5c4cc4c(-c5ccccc5C(C)(C)C)cc1c2c43)oc1ccc(C(C)(C)C)cc16. The third kappa shape index (κ3) is 11.5. The second-order valence-electron chi connectivity index (χ2n) is 44.8. The van der Waals surface area contributed by atoms with E-state index in [4.69, 9.17) is 36.5 Å². The van der Waals surface area contributed by atoms with Gasteiger partial charge in [-0.2, -0.15) is 0 Å². The molecule has 0 aliphatic rings. The first-order valence-corrected chi connectivity index (χ1v) is 45.0. The first-order chi connectivity index (χ1) is 59.5. The fourth-order valence-corrected chi connectivity index (χ4v) is 21.4. The van der Waals surface area contributed by atoms with E-state index in [2.05, 4.69) is 372 Å². The van der Waals surface area contributed by atoms with Gasteiger partial charge >= 0.3 is 0 Å². The lowest BCUT2D eigenvalue weighted by molar-refractivity contribution is 0.569. The summed E-state index contributed by atoms with van der Waals surface area (Å²) in [4.78, 5) is 10.5. The van der Waals surface area contributed by atoms with E-state index in [1.54, 1.807) is 0 Å². The molecule has 0 amide bonds. The van der Waals surface area contributed by atoms with Crippen molar-refractivity contribution < 1.29 is 26.5 Å².